The van der Waals surface area contributed by atoms with Gasteiger partial charge in [-0.25, -0.2) is 8.78 Å². The summed E-state index contributed by atoms with van der Waals surface area (Å²) in [5.41, 5.74) is 0.458. The minimum Gasteiger partial charge on any atom is -0.466 e. The van der Waals surface area contributed by atoms with Gasteiger partial charge < -0.3 is 10.1 Å². The Bertz CT molecular complexity index is 503. The van der Waals surface area contributed by atoms with Crippen LogP contribution in [-0.2, 0) is 20.7 Å². The van der Waals surface area contributed by atoms with E-state index in [1.165, 1.54) is 24.3 Å². The van der Waals surface area contributed by atoms with E-state index in [1.807, 2.05) is 0 Å². The maximum absolute atomic E-state index is 12.7. The zero-order valence-electron chi connectivity index (χ0n) is 11.0. The lowest BCUT2D eigenvalue weighted by Gasteiger charge is -2.14. The number of carbonyl (C=O) groups excluding carboxylic acids is 2. The number of esters is 1. The van der Waals surface area contributed by atoms with Crippen LogP contribution in [-0.4, -0.2) is 30.8 Å². The molecule has 0 aliphatic rings. The number of rotatable bonds is 6. The lowest BCUT2D eigenvalue weighted by molar-refractivity contribution is -0.163. The number of hydrogen-bond acceptors (Lipinski definition) is 3. The Kier molecular flexibility index (Phi) is 5.69. The highest BCUT2D eigenvalue weighted by Crippen LogP contribution is 2.24. The summed E-state index contributed by atoms with van der Waals surface area (Å²) in [6, 6.07) is 5.25. The average Bonchev–Trinajstić information content (AvgIpc) is 2.41. The van der Waals surface area contributed by atoms with E-state index < -0.39 is 24.2 Å². The Morgan fingerprint density at radius 1 is 1.24 bits per heavy atom. The molecule has 0 bridgehead atoms. The van der Waals surface area contributed by atoms with E-state index in [0.29, 0.717) is 5.56 Å². The van der Waals surface area contributed by atoms with Gasteiger partial charge in [-0.15, -0.1) is 0 Å². The normalized spacial score (nSPS) is 11.3. The Morgan fingerprint density at radius 2 is 1.81 bits per heavy atom. The van der Waals surface area contributed by atoms with E-state index in [1.54, 1.807) is 12.2 Å². The van der Waals surface area contributed by atoms with Crippen molar-refractivity contribution in [3.63, 3.8) is 0 Å². The molecule has 0 heterocycles. The van der Waals surface area contributed by atoms with E-state index in [2.05, 4.69) is 0 Å². The molecule has 1 rings (SSSR count). The number of hydrogen-bond donors (Lipinski definition) is 1. The van der Waals surface area contributed by atoms with Crippen molar-refractivity contribution in [1.82, 2.24) is 0 Å². The standard InChI is InChI=1S/C13H13F4NO3/c1-2-21-10(19)7-8-3-5-9(6-4-8)18-12(20)13(16,17)11(14)15/h3-6,11H,2,7H2,1H3,(H,18,20). The Labute approximate surface area is 118 Å². The lowest BCUT2D eigenvalue weighted by atomic mass is 10.1. The van der Waals surface area contributed by atoms with Crippen molar-refractivity contribution in [3.05, 3.63) is 29.8 Å². The van der Waals surface area contributed by atoms with Gasteiger partial charge in [-0.2, -0.15) is 8.78 Å². The molecule has 4 nitrogen and oxygen atoms in total. The molecular weight excluding hydrogens is 294 g/mol. The van der Waals surface area contributed by atoms with E-state index in [9.17, 15) is 27.2 Å². The quantitative estimate of drug-likeness (QED) is 0.649. The van der Waals surface area contributed by atoms with Crippen LogP contribution in [0.3, 0.4) is 0 Å². The van der Waals surface area contributed by atoms with Crippen molar-refractivity contribution in [3.8, 4) is 0 Å². The fourth-order valence-electron chi connectivity index (χ4n) is 1.40. The number of amides is 1. The molecule has 1 N–H and O–H groups in total. The molecule has 0 aromatic heterocycles. The van der Waals surface area contributed by atoms with Crippen LogP contribution in [0.2, 0.25) is 0 Å². The summed E-state index contributed by atoms with van der Waals surface area (Å²) in [5, 5.41) is 1.68. The maximum atomic E-state index is 12.7. The van der Waals surface area contributed by atoms with Crippen LogP contribution in [0.15, 0.2) is 24.3 Å². The van der Waals surface area contributed by atoms with Crippen molar-refractivity contribution in [2.45, 2.75) is 25.7 Å². The highest BCUT2D eigenvalue weighted by atomic mass is 19.3. The van der Waals surface area contributed by atoms with Crippen molar-refractivity contribution < 1.29 is 31.9 Å². The molecule has 0 saturated carbocycles. The van der Waals surface area contributed by atoms with Crippen LogP contribution in [0, 0.1) is 0 Å². The van der Waals surface area contributed by atoms with Gasteiger partial charge in [-0.1, -0.05) is 12.1 Å². The Morgan fingerprint density at radius 3 is 2.29 bits per heavy atom. The largest absolute Gasteiger partial charge is 0.466 e. The third-order valence-electron chi connectivity index (χ3n) is 2.44. The minimum absolute atomic E-state index is 0.0186. The molecule has 0 atom stereocenters. The predicted molar refractivity (Wildman–Crippen MR) is 66.4 cm³/mol. The average molecular weight is 307 g/mol. The summed E-state index contributed by atoms with van der Waals surface area (Å²) in [6.45, 7) is 1.88. The molecule has 0 fully saturated rings. The van der Waals surface area contributed by atoms with Gasteiger partial charge in [0.1, 0.15) is 0 Å². The third-order valence-corrected chi connectivity index (χ3v) is 2.44. The second kappa shape index (κ2) is 7.05. The molecule has 1 aromatic rings. The Hall–Kier alpha value is -2.12. The van der Waals surface area contributed by atoms with Crippen molar-refractivity contribution in [1.29, 1.82) is 0 Å². The minimum atomic E-state index is -4.76. The first-order valence-electron chi connectivity index (χ1n) is 5.99. The molecule has 0 unspecified atom stereocenters. The molecule has 8 heteroatoms. The summed E-state index contributed by atoms with van der Waals surface area (Å²) in [7, 11) is 0. The van der Waals surface area contributed by atoms with Gasteiger partial charge in [0.2, 0.25) is 0 Å². The van der Waals surface area contributed by atoms with Gasteiger partial charge in [-0.3, -0.25) is 9.59 Å². The molecule has 1 aromatic carbocycles. The summed E-state index contributed by atoms with van der Waals surface area (Å²) >= 11 is 0. The summed E-state index contributed by atoms with van der Waals surface area (Å²) < 4.78 is 54.2. The van der Waals surface area contributed by atoms with Crippen LogP contribution in [0.5, 0.6) is 0 Å². The molecular formula is C13H13F4NO3. The second-order valence-corrected chi connectivity index (χ2v) is 4.06. The number of carbonyl (C=O) groups is 2. The first-order chi connectivity index (χ1) is 9.77. The zero-order chi connectivity index (χ0) is 16.0. The molecule has 0 radical (unpaired) electrons. The lowest BCUT2D eigenvalue weighted by Crippen LogP contribution is -2.40. The van der Waals surface area contributed by atoms with Gasteiger partial charge in [-0.05, 0) is 24.6 Å². The number of ether oxygens (including phenoxy) is 1. The maximum Gasteiger partial charge on any atom is 0.383 e. The fraction of sp³-hybridized carbons (Fsp3) is 0.385. The van der Waals surface area contributed by atoms with Crippen molar-refractivity contribution >= 4 is 17.6 Å². The van der Waals surface area contributed by atoms with Gasteiger partial charge in [0.05, 0.1) is 13.0 Å². The summed E-state index contributed by atoms with van der Waals surface area (Å²) in [5.74, 6) is -7.31. The number of nitrogens with one attached hydrogen (secondary N) is 1. The van der Waals surface area contributed by atoms with E-state index in [-0.39, 0.29) is 18.7 Å². The van der Waals surface area contributed by atoms with E-state index in [4.69, 9.17) is 4.74 Å². The number of anilines is 1. The molecule has 21 heavy (non-hydrogen) atoms. The SMILES string of the molecule is CCOC(=O)Cc1ccc(NC(=O)C(F)(F)C(F)F)cc1. The highest BCUT2D eigenvalue weighted by molar-refractivity contribution is 5.96. The molecule has 1 amide bonds. The van der Waals surface area contributed by atoms with E-state index >= 15 is 0 Å². The fourth-order valence-corrected chi connectivity index (χ4v) is 1.40. The Balaban J connectivity index is 2.67. The van der Waals surface area contributed by atoms with Crippen LogP contribution >= 0.6 is 0 Å². The van der Waals surface area contributed by atoms with Crippen LogP contribution in [0.1, 0.15) is 12.5 Å². The molecule has 116 valence electrons. The van der Waals surface area contributed by atoms with Gasteiger partial charge in [0.15, 0.2) is 0 Å². The second-order valence-electron chi connectivity index (χ2n) is 4.06. The smallest absolute Gasteiger partial charge is 0.383 e. The van der Waals surface area contributed by atoms with Gasteiger partial charge in [0.25, 0.3) is 0 Å². The summed E-state index contributed by atoms with van der Waals surface area (Å²) in [4.78, 5) is 22.2. The monoisotopic (exact) mass is 307 g/mol. The third kappa shape index (κ3) is 4.73. The van der Waals surface area contributed by atoms with Crippen molar-refractivity contribution in [2.75, 3.05) is 11.9 Å². The first kappa shape index (κ1) is 16.9. The predicted octanol–water partition coefficient (Wildman–Crippen LogP) is 2.63. The van der Waals surface area contributed by atoms with Crippen molar-refractivity contribution in [2.24, 2.45) is 0 Å². The number of halogens is 4. The molecule has 0 spiro atoms. The zero-order valence-corrected chi connectivity index (χ0v) is 11.0. The van der Waals surface area contributed by atoms with Crippen LogP contribution in [0.25, 0.3) is 0 Å². The summed E-state index contributed by atoms with van der Waals surface area (Å²) in [6.07, 6.45) is -4.10. The molecule has 0 aliphatic heterocycles. The van der Waals surface area contributed by atoms with Crippen LogP contribution in [0.4, 0.5) is 23.2 Å². The van der Waals surface area contributed by atoms with Crippen LogP contribution < -0.4 is 5.32 Å². The molecule has 0 saturated heterocycles. The van der Waals surface area contributed by atoms with Gasteiger partial charge in [0, 0.05) is 5.69 Å². The highest BCUT2D eigenvalue weighted by Gasteiger charge is 2.48. The number of alkyl halides is 4. The van der Waals surface area contributed by atoms with E-state index in [0.717, 1.165) is 0 Å². The molecule has 0 aliphatic carbocycles. The van der Waals surface area contributed by atoms with Gasteiger partial charge >= 0.3 is 24.2 Å². The topological polar surface area (TPSA) is 55.4 Å². The first-order valence-corrected chi connectivity index (χ1v) is 5.99. The number of benzene rings is 1.